The molecule has 0 saturated carbocycles. The number of terminal acetylenes is 1. The molecule has 0 aromatic carbocycles. The van der Waals surface area contributed by atoms with Crippen molar-refractivity contribution >= 4 is 0 Å². The summed E-state index contributed by atoms with van der Waals surface area (Å²) in [6.07, 6.45) is 7.44. The molecule has 1 atom stereocenters. The molecule has 1 aromatic rings. The highest BCUT2D eigenvalue weighted by Crippen LogP contribution is 1.92. The van der Waals surface area contributed by atoms with Gasteiger partial charge in [-0.05, 0) is 6.42 Å². The molecule has 0 aliphatic carbocycles. The van der Waals surface area contributed by atoms with Gasteiger partial charge < -0.3 is 4.52 Å². The van der Waals surface area contributed by atoms with Crippen LogP contribution in [-0.4, -0.2) is 16.2 Å². The number of nitrogens with one attached hydrogen (secondary N) is 1. The molecule has 1 heterocycles. The zero-order valence-electron chi connectivity index (χ0n) is 6.95. The zero-order valence-corrected chi connectivity index (χ0v) is 6.95. The smallest absolute Gasteiger partial charge is 0.213 e. The van der Waals surface area contributed by atoms with Gasteiger partial charge in [-0.3, -0.25) is 5.32 Å². The van der Waals surface area contributed by atoms with E-state index < -0.39 is 0 Å². The van der Waals surface area contributed by atoms with Crippen molar-refractivity contribution in [3.8, 4) is 12.3 Å². The van der Waals surface area contributed by atoms with Gasteiger partial charge in [0.25, 0.3) is 0 Å². The molecule has 0 amide bonds. The van der Waals surface area contributed by atoms with Crippen molar-refractivity contribution in [2.75, 3.05) is 0 Å². The molecule has 64 valence electrons. The molecule has 0 bridgehead atoms. The van der Waals surface area contributed by atoms with Crippen LogP contribution < -0.4 is 5.32 Å². The summed E-state index contributed by atoms with van der Waals surface area (Å²) in [7, 11) is 0. The Labute approximate surface area is 71.4 Å². The molecule has 1 N–H and O–H groups in total. The highest BCUT2D eigenvalue weighted by atomic mass is 16.5. The first-order valence-electron chi connectivity index (χ1n) is 3.81. The SMILES string of the molecule is C#CC(CC)NCc1ncon1. The van der Waals surface area contributed by atoms with Crippen molar-refractivity contribution in [2.24, 2.45) is 0 Å². The summed E-state index contributed by atoms with van der Waals surface area (Å²) in [5.41, 5.74) is 0. The minimum absolute atomic E-state index is 0.0866. The lowest BCUT2D eigenvalue weighted by molar-refractivity contribution is 0.406. The lowest BCUT2D eigenvalue weighted by Gasteiger charge is -2.06. The summed E-state index contributed by atoms with van der Waals surface area (Å²) in [5.74, 6) is 3.25. The Hall–Kier alpha value is -1.34. The maximum atomic E-state index is 5.25. The summed E-state index contributed by atoms with van der Waals surface area (Å²) in [4.78, 5) is 3.85. The van der Waals surface area contributed by atoms with Gasteiger partial charge in [0.1, 0.15) is 0 Å². The Morgan fingerprint density at radius 2 is 2.67 bits per heavy atom. The number of nitrogens with zero attached hydrogens (tertiary/aromatic N) is 2. The Morgan fingerprint density at radius 1 is 1.83 bits per heavy atom. The number of aromatic nitrogens is 2. The molecule has 0 saturated heterocycles. The largest absolute Gasteiger partial charge is 0.343 e. The van der Waals surface area contributed by atoms with E-state index in [9.17, 15) is 0 Å². The van der Waals surface area contributed by atoms with Crippen molar-refractivity contribution in [1.82, 2.24) is 15.5 Å². The van der Waals surface area contributed by atoms with Gasteiger partial charge >= 0.3 is 0 Å². The van der Waals surface area contributed by atoms with Crippen LogP contribution in [0, 0.1) is 12.3 Å². The van der Waals surface area contributed by atoms with Gasteiger partial charge in [0.15, 0.2) is 5.82 Å². The zero-order chi connectivity index (χ0) is 8.81. The molecular formula is C8H11N3O. The fraction of sp³-hybridized carbons (Fsp3) is 0.500. The minimum Gasteiger partial charge on any atom is -0.343 e. The van der Waals surface area contributed by atoms with Crippen molar-refractivity contribution in [1.29, 1.82) is 0 Å². The summed E-state index contributed by atoms with van der Waals surface area (Å²) in [5, 5.41) is 6.74. The van der Waals surface area contributed by atoms with E-state index in [4.69, 9.17) is 6.42 Å². The van der Waals surface area contributed by atoms with Gasteiger partial charge in [0, 0.05) is 0 Å². The molecule has 12 heavy (non-hydrogen) atoms. The van der Waals surface area contributed by atoms with Crippen molar-refractivity contribution in [3.63, 3.8) is 0 Å². The molecule has 1 rings (SSSR count). The molecular weight excluding hydrogens is 154 g/mol. The normalized spacial score (nSPS) is 12.3. The first-order chi connectivity index (χ1) is 5.86. The van der Waals surface area contributed by atoms with Crippen LogP contribution in [0.3, 0.4) is 0 Å². The van der Waals surface area contributed by atoms with Crippen molar-refractivity contribution < 1.29 is 4.52 Å². The van der Waals surface area contributed by atoms with E-state index in [-0.39, 0.29) is 6.04 Å². The van der Waals surface area contributed by atoms with Gasteiger partial charge in [0.2, 0.25) is 6.39 Å². The highest BCUT2D eigenvalue weighted by Gasteiger charge is 2.02. The molecule has 4 heteroatoms. The first-order valence-corrected chi connectivity index (χ1v) is 3.81. The third-order valence-corrected chi connectivity index (χ3v) is 1.52. The summed E-state index contributed by atoms with van der Waals surface area (Å²) < 4.78 is 4.56. The van der Waals surface area contributed by atoms with Gasteiger partial charge in [-0.1, -0.05) is 18.0 Å². The minimum atomic E-state index is 0.0866. The predicted molar refractivity (Wildman–Crippen MR) is 44.0 cm³/mol. The summed E-state index contributed by atoms with van der Waals surface area (Å²) in [6.45, 7) is 2.58. The Kier molecular flexibility index (Phi) is 3.30. The van der Waals surface area contributed by atoms with Crippen LogP contribution in [0.4, 0.5) is 0 Å². The molecule has 0 aliphatic rings. The quantitative estimate of drug-likeness (QED) is 0.663. The van der Waals surface area contributed by atoms with Gasteiger partial charge in [0.05, 0.1) is 12.6 Å². The van der Waals surface area contributed by atoms with E-state index in [0.717, 1.165) is 6.42 Å². The number of hydrogen-bond acceptors (Lipinski definition) is 4. The fourth-order valence-electron chi connectivity index (χ4n) is 0.806. The number of rotatable bonds is 4. The van der Waals surface area contributed by atoms with E-state index in [1.54, 1.807) is 0 Å². The van der Waals surface area contributed by atoms with E-state index >= 15 is 0 Å². The maximum Gasteiger partial charge on any atom is 0.213 e. The van der Waals surface area contributed by atoms with Gasteiger partial charge in [-0.25, -0.2) is 0 Å². The molecule has 1 unspecified atom stereocenters. The topological polar surface area (TPSA) is 51.0 Å². The van der Waals surface area contributed by atoms with E-state index in [2.05, 4.69) is 25.9 Å². The first kappa shape index (κ1) is 8.75. The second-order valence-electron chi connectivity index (χ2n) is 2.36. The molecule has 1 aromatic heterocycles. The second-order valence-corrected chi connectivity index (χ2v) is 2.36. The second kappa shape index (κ2) is 4.52. The van der Waals surface area contributed by atoms with Crippen LogP contribution in [0.15, 0.2) is 10.9 Å². The lowest BCUT2D eigenvalue weighted by atomic mass is 10.2. The van der Waals surface area contributed by atoms with Crippen molar-refractivity contribution in [3.05, 3.63) is 12.2 Å². The Bertz CT molecular complexity index is 250. The summed E-state index contributed by atoms with van der Waals surface area (Å²) >= 11 is 0. The average Bonchev–Trinajstić information content (AvgIpc) is 2.59. The molecule has 0 spiro atoms. The number of hydrogen-bond donors (Lipinski definition) is 1. The van der Waals surface area contributed by atoms with Gasteiger partial charge in [-0.2, -0.15) is 4.98 Å². The lowest BCUT2D eigenvalue weighted by Crippen LogP contribution is -2.26. The highest BCUT2D eigenvalue weighted by molar-refractivity contribution is 4.98. The Morgan fingerprint density at radius 3 is 3.17 bits per heavy atom. The van der Waals surface area contributed by atoms with Crippen LogP contribution in [0.2, 0.25) is 0 Å². The molecule has 0 radical (unpaired) electrons. The van der Waals surface area contributed by atoms with E-state index in [1.807, 2.05) is 6.92 Å². The predicted octanol–water partition coefficient (Wildman–Crippen LogP) is 0.571. The third kappa shape index (κ3) is 2.36. The standard InChI is InChI=1S/C8H11N3O/c1-3-7(4-2)9-5-8-10-6-12-11-8/h1,6-7,9H,4-5H2,2H3. The third-order valence-electron chi connectivity index (χ3n) is 1.52. The van der Waals surface area contributed by atoms with Crippen LogP contribution in [-0.2, 0) is 6.54 Å². The van der Waals surface area contributed by atoms with E-state index in [1.165, 1.54) is 6.39 Å². The summed E-state index contributed by atoms with van der Waals surface area (Å²) in [6, 6.07) is 0.0866. The average molecular weight is 165 g/mol. The van der Waals surface area contributed by atoms with E-state index in [0.29, 0.717) is 12.4 Å². The molecule has 0 aliphatic heterocycles. The van der Waals surface area contributed by atoms with Crippen LogP contribution in [0.5, 0.6) is 0 Å². The van der Waals surface area contributed by atoms with Crippen LogP contribution in [0.1, 0.15) is 19.2 Å². The molecule has 0 fully saturated rings. The van der Waals surface area contributed by atoms with Crippen LogP contribution >= 0.6 is 0 Å². The van der Waals surface area contributed by atoms with Gasteiger partial charge in [-0.15, -0.1) is 6.42 Å². The molecule has 4 nitrogen and oxygen atoms in total. The monoisotopic (exact) mass is 165 g/mol. The van der Waals surface area contributed by atoms with Crippen LogP contribution in [0.25, 0.3) is 0 Å². The Balaban J connectivity index is 2.31. The van der Waals surface area contributed by atoms with Crippen molar-refractivity contribution in [2.45, 2.75) is 25.9 Å². The maximum absolute atomic E-state index is 5.25. The fourth-order valence-corrected chi connectivity index (χ4v) is 0.806.